The van der Waals surface area contributed by atoms with Crippen molar-refractivity contribution in [1.29, 1.82) is 0 Å². The van der Waals surface area contributed by atoms with Crippen LogP contribution < -0.4 is 0 Å². The van der Waals surface area contributed by atoms with E-state index in [1.165, 1.54) is 31.3 Å². The summed E-state index contributed by atoms with van der Waals surface area (Å²) in [6, 6.07) is 0. The van der Waals surface area contributed by atoms with Crippen molar-refractivity contribution in [2.75, 3.05) is 7.11 Å². The number of ether oxygens (including phenoxy) is 2. The van der Waals surface area contributed by atoms with Crippen LogP contribution in [-0.2, 0) is 19.1 Å². The molecule has 5 saturated carbocycles. The van der Waals surface area contributed by atoms with Crippen LogP contribution in [0.4, 0.5) is 0 Å². The van der Waals surface area contributed by atoms with Crippen LogP contribution in [0.15, 0.2) is 12.2 Å². The van der Waals surface area contributed by atoms with Crippen LogP contribution in [0.2, 0.25) is 0 Å². The van der Waals surface area contributed by atoms with E-state index < -0.39 is 0 Å². The summed E-state index contributed by atoms with van der Waals surface area (Å²) in [5.41, 5.74) is 1.63. The number of allylic oxidation sites excluding steroid dienone is 1. The highest BCUT2D eigenvalue weighted by Gasteiger charge is 2.72. The second-order valence-corrected chi connectivity index (χ2v) is 15.3. The van der Waals surface area contributed by atoms with Gasteiger partial charge in [0.1, 0.15) is 6.10 Å². The first-order chi connectivity index (χ1) is 17.2. The van der Waals surface area contributed by atoms with E-state index in [4.69, 9.17) is 9.47 Å². The zero-order chi connectivity index (χ0) is 27.2. The molecule has 0 aromatic carbocycles. The summed E-state index contributed by atoms with van der Waals surface area (Å²) in [6.07, 6.45) is 11.1. The van der Waals surface area contributed by atoms with Gasteiger partial charge in [0.2, 0.25) is 0 Å². The first kappa shape index (κ1) is 27.3. The molecule has 208 valence electrons. The Morgan fingerprint density at radius 1 is 0.784 bits per heavy atom. The highest BCUT2D eigenvalue weighted by molar-refractivity contribution is 5.78. The van der Waals surface area contributed by atoms with Crippen molar-refractivity contribution in [3.8, 4) is 0 Å². The fourth-order valence-electron chi connectivity index (χ4n) is 12.1. The predicted octanol–water partition coefficient (Wildman–Crippen LogP) is 7.75. The van der Waals surface area contributed by atoms with Gasteiger partial charge in [-0.1, -0.05) is 46.8 Å². The van der Waals surface area contributed by atoms with Crippen molar-refractivity contribution in [1.82, 2.24) is 0 Å². The van der Waals surface area contributed by atoms with Gasteiger partial charge in [-0.25, -0.2) is 0 Å². The molecular weight excluding hydrogens is 460 g/mol. The van der Waals surface area contributed by atoms with Gasteiger partial charge in [-0.05, 0) is 117 Å². The Balaban J connectivity index is 1.52. The molecule has 0 aromatic heterocycles. The summed E-state index contributed by atoms with van der Waals surface area (Å²) in [4.78, 5) is 25.3. The topological polar surface area (TPSA) is 52.6 Å². The fraction of sp³-hybridized carbons (Fsp3) is 0.879. The molecule has 0 amide bonds. The normalized spacial score (nSPS) is 50.1. The second kappa shape index (κ2) is 8.59. The molecule has 4 nitrogen and oxygen atoms in total. The van der Waals surface area contributed by atoms with Crippen molar-refractivity contribution in [2.45, 2.75) is 119 Å². The van der Waals surface area contributed by atoms with E-state index in [-0.39, 0.29) is 45.1 Å². The first-order valence-corrected chi connectivity index (χ1v) is 15.1. The third kappa shape index (κ3) is 3.45. The maximum absolute atomic E-state index is 13.4. The Hall–Kier alpha value is -1.32. The van der Waals surface area contributed by atoms with E-state index in [9.17, 15) is 9.59 Å². The summed E-state index contributed by atoms with van der Waals surface area (Å²) in [5.74, 6) is 2.43. The Morgan fingerprint density at radius 2 is 1.49 bits per heavy atom. The van der Waals surface area contributed by atoms with Crippen molar-refractivity contribution < 1.29 is 19.1 Å². The lowest BCUT2D eigenvalue weighted by molar-refractivity contribution is -0.250. The minimum absolute atomic E-state index is 0.0130. The van der Waals surface area contributed by atoms with Crippen molar-refractivity contribution >= 4 is 11.9 Å². The molecule has 37 heavy (non-hydrogen) atoms. The quantitative estimate of drug-likeness (QED) is 0.286. The van der Waals surface area contributed by atoms with Crippen LogP contribution in [0.25, 0.3) is 0 Å². The largest absolute Gasteiger partial charge is 0.469 e. The lowest BCUT2D eigenvalue weighted by atomic mass is 9.32. The number of rotatable bonds is 3. The van der Waals surface area contributed by atoms with Crippen molar-refractivity contribution in [3.63, 3.8) is 0 Å². The number of carbonyl (C=O) groups excluding carboxylic acids is 2. The second-order valence-electron chi connectivity index (χ2n) is 15.3. The van der Waals surface area contributed by atoms with Gasteiger partial charge in [0.05, 0.1) is 12.5 Å². The molecule has 0 spiro atoms. The van der Waals surface area contributed by atoms with Crippen LogP contribution in [0, 0.1) is 56.7 Å². The molecule has 0 aliphatic heterocycles. The number of carbonyl (C=O) groups is 2. The van der Waals surface area contributed by atoms with Gasteiger partial charge in [-0.15, -0.1) is 0 Å². The summed E-state index contributed by atoms with van der Waals surface area (Å²) < 4.78 is 11.4. The number of hydrogen-bond donors (Lipinski definition) is 0. The molecule has 0 saturated heterocycles. The molecule has 10 atom stereocenters. The summed E-state index contributed by atoms with van der Waals surface area (Å²) in [5, 5.41) is 0. The molecule has 0 bridgehead atoms. The van der Waals surface area contributed by atoms with Crippen molar-refractivity contribution in [3.05, 3.63) is 12.2 Å². The molecule has 1 unspecified atom stereocenters. The number of methoxy groups -OCH3 is 1. The smallest absolute Gasteiger partial charge is 0.312 e. The number of esters is 2. The summed E-state index contributed by atoms with van der Waals surface area (Å²) in [6.45, 7) is 20.7. The van der Waals surface area contributed by atoms with Gasteiger partial charge in [0, 0.05) is 12.3 Å². The Bertz CT molecular complexity index is 983. The van der Waals surface area contributed by atoms with Crippen LogP contribution in [0.3, 0.4) is 0 Å². The summed E-state index contributed by atoms with van der Waals surface area (Å²) in [7, 11) is 1.59. The number of fused-ring (bicyclic) bond motifs is 7. The molecular formula is C33H52O4. The molecule has 0 N–H and O–H groups in total. The monoisotopic (exact) mass is 512 g/mol. The maximum atomic E-state index is 13.4. The third-order valence-corrected chi connectivity index (χ3v) is 13.9. The fourth-order valence-corrected chi connectivity index (χ4v) is 12.1. The van der Waals surface area contributed by atoms with Gasteiger partial charge in [0.25, 0.3) is 0 Å². The highest BCUT2D eigenvalue weighted by Crippen LogP contribution is 2.77. The average molecular weight is 513 g/mol. The molecule has 5 aliphatic rings. The Morgan fingerprint density at radius 3 is 2.11 bits per heavy atom. The van der Waals surface area contributed by atoms with E-state index in [1.807, 2.05) is 0 Å². The predicted molar refractivity (Wildman–Crippen MR) is 147 cm³/mol. The Labute approximate surface area is 225 Å². The average Bonchev–Trinajstić information content (AvgIpc) is 3.22. The molecule has 5 rings (SSSR count). The van der Waals surface area contributed by atoms with Crippen LogP contribution in [-0.4, -0.2) is 25.2 Å². The lowest BCUT2D eigenvalue weighted by Gasteiger charge is -2.72. The van der Waals surface area contributed by atoms with E-state index in [2.05, 4.69) is 48.1 Å². The molecule has 0 heterocycles. The zero-order valence-corrected chi connectivity index (χ0v) is 24.9. The Kier molecular flexibility index (Phi) is 6.33. The van der Waals surface area contributed by atoms with Gasteiger partial charge in [-0.2, -0.15) is 0 Å². The van der Waals surface area contributed by atoms with Gasteiger partial charge in [-0.3, -0.25) is 9.59 Å². The lowest BCUT2D eigenvalue weighted by Crippen LogP contribution is -2.67. The van der Waals surface area contributed by atoms with Crippen LogP contribution in [0.5, 0.6) is 0 Å². The highest BCUT2D eigenvalue weighted by atomic mass is 16.5. The summed E-state index contributed by atoms with van der Waals surface area (Å²) >= 11 is 0. The van der Waals surface area contributed by atoms with Crippen LogP contribution >= 0.6 is 0 Å². The molecule has 0 radical (unpaired) electrons. The maximum Gasteiger partial charge on any atom is 0.312 e. The van der Waals surface area contributed by atoms with E-state index in [0.717, 1.165) is 38.5 Å². The van der Waals surface area contributed by atoms with Crippen LogP contribution in [0.1, 0.15) is 113 Å². The van der Waals surface area contributed by atoms with Gasteiger partial charge < -0.3 is 9.47 Å². The van der Waals surface area contributed by atoms with Gasteiger partial charge in [0.15, 0.2) is 0 Å². The molecule has 0 aromatic rings. The van der Waals surface area contributed by atoms with E-state index >= 15 is 0 Å². The molecule has 5 fully saturated rings. The standard InChI is InChI=1S/C33H52O4/c1-20(2)22-12-17-33(28(35)36-9)19-18-31(7)23(27(22)33)10-11-25-30(6)15-14-26(37-21(3)34)29(4,5)24(30)13-16-32(25,31)8/h22-27H,1,10-19H2,2-9H3/t22-,23+,24-,25+,26?,27+,30-,31+,32+,33-/m0/s1. The minimum Gasteiger partial charge on any atom is -0.469 e. The van der Waals surface area contributed by atoms with Gasteiger partial charge >= 0.3 is 11.9 Å². The first-order valence-electron chi connectivity index (χ1n) is 15.1. The zero-order valence-electron chi connectivity index (χ0n) is 24.9. The van der Waals surface area contributed by atoms with Crippen molar-refractivity contribution in [2.24, 2.45) is 56.7 Å². The number of hydrogen-bond acceptors (Lipinski definition) is 4. The molecule has 5 aliphatic carbocycles. The third-order valence-electron chi connectivity index (χ3n) is 13.9. The minimum atomic E-state index is -0.322. The van der Waals surface area contributed by atoms with E-state index in [0.29, 0.717) is 29.6 Å². The SMILES string of the molecule is C=C(C)[C@@H]1CC[C@]2(C(=O)OC)CC[C@]3(C)[C@H](CC[C@@H]4[C@@]5(C)CCC(OC(C)=O)C(C)(C)[C@@H]5CC[C@]43C)[C@@H]12. The molecule has 4 heteroatoms. The van der Waals surface area contributed by atoms with E-state index in [1.54, 1.807) is 14.0 Å².